The van der Waals surface area contributed by atoms with Crippen LogP contribution < -0.4 is 0 Å². The number of benzene rings is 1. The van der Waals surface area contributed by atoms with Crippen LogP contribution in [-0.4, -0.2) is 23.1 Å². The summed E-state index contributed by atoms with van der Waals surface area (Å²) in [6, 6.07) is 4.72. The molecule has 1 aliphatic heterocycles. The minimum atomic E-state index is -0.539. The zero-order chi connectivity index (χ0) is 14.9. The van der Waals surface area contributed by atoms with E-state index < -0.39 is 5.60 Å². The summed E-state index contributed by atoms with van der Waals surface area (Å²) in [6.07, 6.45) is 1.25. The van der Waals surface area contributed by atoms with Crippen LogP contribution >= 0.6 is 15.9 Å². The molecule has 0 N–H and O–H groups in total. The maximum Gasteiger partial charge on any atom is 0.410 e. The van der Waals surface area contributed by atoms with Crippen LogP contribution in [0.3, 0.4) is 0 Å². The maximum atomic E-state index is 14.1. The van der Waals surface area contributed by atoms with Gasteiger partial charge in [0.05, 0.1) is 6.04 Å². The zero-order valence-electron chi connectivity index (χ0n) is 12.0. The molecule has 5 heteroatoms. The molecule has 0 bridgehead atoms. The molecule has 20 heavy (non-hydrogen) atoms. The summed E-state index contributed by atoms with van der Waals surface area (Å²) in [7, 11) is 0. The van der Waals surface area contributed by atoms with E-state index in [-0.39, 0.29) is 18.0 Å². The van der Waals surface area contributed by atoms with Crippen LogP contribution in [0.1, 0.15) is 45.2 Å². The number of carbonyl (C=O) groups is 1. The molecule has 3 nitrogen and oxygen atoms in total. The van der Waals surface area contributed by atoms with Crippen LogP contribution in [0.5, 0.6) is 0 Å². The molecule has 1 aromatic carbocycles. The third kappa shape index (κ3) is 3.51. The SMILES string of the molecule is CC(C)(C)OC(=O)N1CCC[C@@H]1c1ccc(Br)cc1F. The smallest absolute Gasteiger partial charge is 0.410 e. The van der Waals surface area contributed by atoms with Crippen molar-refractivity contribution in [1.29, 1.82) is 0 Å². The monoisotopic (exact) mass is 343 g/mol. The van der Waals surface area contributed by atoms with Crippen LogP contribution in [0.15, 0.2) is 22.7 Å². The maximum absolute atomic E-state index is 14.1. The van der Waals surface area contributed by atoms with Crippen LogP contribution in [0.4, 0.5) is 9.18 Å². The Labute approximate surface area is 127 Å². The van der Waals surface area contributed by atoms with E-state index in [1.54, 1.807) is 17.0 Å². The summed E-state index contributed by atoms with van der Waals surface area (Å²) in [6.45, 7) is 6.09. The Bertz CT molecular complexity index is 513. The number of rotatable bonds is 1. The Kier molecular flexibility index (Phi) is 4.37. The van der Waals surface area contributed by atoms with E-state index in [1.165, 1.54) is 6.07 Å². The lowest BCUT2D eigenvalue weighted by molar-refractivity contribution is 0.0222. The molecule has 0 unspecified atom stereocenters. The van der Waals surface area contributed by atoms with Crippen LogP contribution in [0.25, 0.3) is 0 Å². The van der Waals surface area contributed by atoms with Gasteiger partial charge < -0.3 is 9.64 Å². The second kappa shape index (κ2) is 5.72. The lowest BCUT2D eigenvalue weighted by Crippen LogP contribution is -2.36. The molecule has 1 heterocycles. The summed E-state index contributed by atoms with van der Waals surface area (Å²) in [5.74, 6) is -0.292. The predicted octanol–water partition coefficient (Wildman–Crippen LogP) is 4.66. The molecule has 0 saturated carbocycles. The Morgan fingerprint density at radius 3 is 2.75 bits per heavy atom. The predicted molar refractivity (Wildman–Crippen MR) is 79.0 cm³/mol. The minimum Gasteiger partial charge on any atom is -0.444 e. The number of hydrogen-bond donors (Lipinski definition) is 0. The minimum absolute atomic E-state index is 0.238. The van der Waals surface area contributed by atoms with Gasteiger partial charge >= 0.3 is 6.09 Å². The van der Waals surface area contributed by atoms with Gasteiger partial charge in [-0.25, -0.2) is 9.18 Å². The first-order valence-electron chi connectivity index (χ1n) is 6.72. The molecule has 0 aliphatic carbocycles. The van der Waals surface area contributed by atoms with Gasteiger partial charge in [-0.1, -0.05) is 22.0 Å². The van der Waals surface area contributed by atoms with Crippen molar-refractivity contribution in [3.8, 4) is 0 Å². The molecule has 0 radical (unpaired) electrons. The van der Waals surface area contributed by atoms with Crippen LogP contribution in [-0.2, 0) is 4.74 Å². The molecule has 2 rings (SSSR count). The highest BCUT2D eigenvalue weighted by Crippen LogP contribution is 2.35. The summed E-state index contributed by atoms with van der Waals surface area (Å²) >= 11 is 3.24. The van der Waals surface area contributed by atoms with Crippen LogP contribution in [0.2, 0.25) is 0 Å². The Morgan fingerprint density at radius 1 is 1.45 bits per heavy atom. The topological polar surface area (TPSA) is 29.5 Å². The third-order valence-electron chi connectivity index (χ3n) is 3.20. The average molecular weight is 344 g/mol. The molecular weight excluding hydrogens is 325 g/mol. The number of amides is 1. The first-order chi connectivity index (χ1) is 9.28. The molecule has 1 aliphatic rings. The standard InChI is InChI=1S/C15H19BrFNO2/c1-15(2,3)20-14(19)18-8-4-5-13(18)11-7-6-10(16)9-12(11)17/h6-7,9,13H,4-5,8H2,1-3H3/t13-/m1/s1. The van der Waals surface area contributed by atoms with Gasteiger partial charge in [-0.15, -0.1) is 0 Å². The normalized spacial score (nSPS) is 19.2. The Hall–Kier alpha value is -1.10. The van der Waals surface area contributed by atoms with Crippen molar-refractivity contribution in [3.63, 3.8) is 0 Å². The zero-order valence-corrected chi connectivity index (χ0v) is 13.5. The van der Waals surface area contributed by atoms with Crippen molar-refractivity contribution in [2.24, 2.45) is 0 Å². The number of carbonyl (C=O) groups excluding carboxylic acids is 1. The van der Waals surface area contributed by atoms with E-state index in [4.69, 9.17) is 4.74 Å². The van der Waals surface area contributed by atoms with Gasteiger partial charge in [0, 0.05) is 16.6 Å². The summed E-state index contributed by atoms with van der Waals surface area (Å²) < 4.78 is 20.2. The first-order valence-corrected chi connectivity index (χ1v) is 7.52. The summed E-state index contributed by atoms with van der Waals surface area (Å²) in [5, 5.41) is 0. The number of ether oxygens (including phenoxy) is 1. The number of hydrogen-bond acceptors (Lipinski definition) is 2. The van der Waals surface area contributed by atoms with E-state index in [2.05, 4.69) is 15.9 Å². The quantitative estimate of drug-likeness (QED) is 0.742. The second-order valence-corrected chi connectivity index (χ2v) is 6.91. The highest BCUT2D eigenvalue weighted by molar-refractivity contribution is 9.10. The summed E-state index contributed by atoms with van der Waals surface area (Å²) in [5.41, 5.74) is 0.0132. The van der Waals surface area contributed by atoms with Gasteiger partial charge in [0.15, 0.2) is 0 Å². The molecule has 110 valence electrons. The van der Waals surface area contributed by atoms with Crippen LogP contribution in [0, 0.1) is 5.82 Å². The fraction of sp³-hybridized carbons (Fsp3) is 0.533. The van der Waals surface area contributed by atoms with Crippen molar-refractivity contribution < 1.29 is 13.9 Å². The molecular formula is C15H19BrFNO2. The molecule has 1 amide bonds. The number of nitrogens with zero attached hydrogens (tertiary/aromatic N) is 1. The van der Waals surface area contributed by atoms with Crippen molar-refractivity contribution in [2.45, 2.75) is 45.3 Å². The first kappa shape index (κ1) is 15.3. The summed E-state index contributed by atoms with van der Waals surface area (Å²) in [4.78, 5) is 13.8. The molecule has 0 spiro atoms. The second-order valence-electron chi connectivity index (χ2n) is 6.00. The average Bonchev–Trinajstić information content (AvgIpc) is 2.75. The van der Waals surface area contributed by atoms with Gasteiger partial charge in [0.1, 0.15) is 11.4 Å². The van der Waals surface area contributed by atoms with Crippen molar-refractivity contribution in [2.75, 3.05) is 6.54 Å². The van der Waals surface area contributed by atoms with Gasteiger partial charge in [-0.05, 0) is 45.7 Å². The number of likely N-dealkylation sites (tertiary alicyclic amines) is 1. The fourth-order valence-electron chi connectivity index (χ4n) is 2.40. The molecule has 1 saturated heterocycles. The van der Waals surface area contributed by atoms with Gasteiger partial charge in [-0.2, -0.15) is 0 Å². The van der Waals surface area contributed by atoms with E-state index >= 15 is 0 Å². The van der Waals surface area contributed by atoms with Gasteiger partial charge in [0.2, 0.25) is 0 Å². The van der Waals surface area contributed by atoms with Crippen molar-refractivity contribution >= 4 is 22.0 Å². The molecule has 0 aromatic heterocycles. The van der Waals surface area contributed by atoms with Gasteiger partial charge in [0.25, 0.3) is 0 Å². The van der Waals surface area contributed by atoms with E-state index in [1.807, 2.05) is 20.8 Å². The van der Waals surface area contributed by atoms with Gasteiger partial charge in [-0.3, -0.25) is 0 Å². The highest BCUT2D eigenvalue weighted by atomic mass is 79.9. The number of halogens is 2. The largest absolute Gasteiger partial charge is 0.444 e. The Morgan fingerprint density at radius 2 is 2.15 bits per heavy atom. The van der Waals surface area contributed by atoms with Crippen molar-refractivity contribution in [1.82, 2.24) is 4.90 Å². The highest BCUT2D eigenvalue weighted by Gasteiger charge is 2.34. The lowest BCUT2D eigenvalue weighted by atomic mass is 10.0. The fourth-order valence-corrected chi connectivity index (χ4v) is 2.73. The molecule has 1 fully saturated rings. The van der Waals surface area contributed by atoms with E-state index in [0.717, 1.165) is 12.8 Å². The third-order valence-corrected chi connectivity index (χ3v) is 3.70. The van der Waals surface area contributed by atoms with E-state index in [9.17, 15) is 9.18 Å². The van der Waals surface area contributed by atoms with E-state index in [0.29, 0.717) is 16.6 Å². The van der Waals surface area contributed by atoms with Crippen molar-refractivity contribution in [3.05, 3.63) is 34.1 Å². The Balaban J connectivity index is 2.21. The lowest BCUT2D eigenvalue weighted by Gasteiger charge is -2.29. The molecule has 1 aromatic rings. The molecule has 1 atom stereocenters.